The highest BCUT2D eigenvalue weighted by Crippen LogP contribution is 2.34. The summed E-state index contributed by atoms with van der Waals surface area (Å²) in [7, 11) is 0. The van der Waals surface area contributed by atoms with Crippen LogP contribution >= 0.6 is 24.8 Å². The molecule has 3 aromatic rings. The fourth-order valence-electron chi connectivity index (χ4n) is 6.87. The fraction of sp³-hybridized carbons (Fsp3) is 0.613. The van der Waals surface area contributed by atoms with Gasteiger partial charge in [-0.15, -0.1) is 24.8 Å². The van der Waals surface area contributed by atoms with Crippen LogP contribution in [0.25, 0.3) is 11.2 Å². The van der Waals surface area contributed by atoms with Crippen molar-refractivity contribution in [3.8, 4) is 0 Å². The SMILES string of the molecule is CCC(C(=O)N1CCC(Nc2nc(NC3CCC(N)CC3)nc3c2ncn3C2CCCC2)CC1)c1ccccc1.Cl.Cl. The number of aromatic nitrogens is 4. The Bertz CT molecular complexity index is 1280. The van der Waals surface area contributed by atoms with E-state index >= 15 is 0 Å². The summed E-state index contributed by atoms with van der Waals surface area (Å²) in [6, 6.07) is 11.5. The quantitative estimate of drug-likeness (QED) is 0.282. The summed E-state index contributed by atoms with van der Waals surface area (Å²) in [4.78, 5) is 30.2. The van der Waals surface area contributed by atoms with Gasteiger partial charge in [-0.1, -0.05) is 50.1 Å². The predicted octanol–water partition coefficient (Wildman–Crippen LogP) is 6.06. The number of amides is 1. The molecule has 3 heterocycles. The molecule has 1 aliphatic heterocycles. The molecule has 3 fully saturated rings. The number of anilines is 2. The summed E-state index contributed by atoms with van der Waals surface area (Å²) < 4.78 is 2.27. The van der Waals surface area contributed by atoms with Crippen molar-refractivity contribution in [3.05, 3.63) is 42.2 Å². The Morgan fingerprint density at radius 2 is 1.60 bits per heavy atom. The topological polar surface area (TPSA) is 114 Å². The number of nitrogens with one attached hydrogen (secondary N) is 2. The number of nitrogens with two attached hydrogens (primary N) is 1. The van der Waals surface area contributed by atoms with Crippen LogP contribution in [-0.4, -0.2) is 61.5 Å². The van der Waals surface area contributed by atoms with Crippen molar-refractivity contribution in [2.45, 2.75) is 108 Å². The Balaban J connectivity index is 0.00000202. The van der Waals surface area contributed by atoms with E-state index in [1.54, 1.807) is 0 Å². The largest absolute Gasteiger partial charge is 0.365 e. The number of halogens is 2. The van der Waals surface area contributed by atoms with Crippen LogP contribution in [0.4, 0.5) is 11.8 Å². The normalized spacial score (nSPS) is 22.3. The van der Waals surface area contributed by atoms with Crippen molar-refractivity contribution in [1.82, 2.24) is 24.4 Å². The molecule has 6 rings (SSSR count). The van der Waals surface area contributed by atoms with E-state index in [1.165, 1.54) is 25.7 Å². The van der Waals surface area contributed by atoms with Crippen molar-refractivity contribution in [3.63, 3.8) is 0 Å². The number of carbonyl (C=O) groups is 1. The highest BCUT2D eigenvalue weighted by molar-refractivity contribution is 5.86. The van der Waals surface area contributed by atoms with Gasteiger partial charge in [0.25, 0.3) is 0 Å². The molecule has 2 saturated carbocycles. The van der Waals surface area contributed by atoms with Gasteiger partial charge in [-0.25, -0.2) is 4.98 Å². The molecule has 1 amide bonds. The van der Waals surface area contributed by atoms with E-state index in [4.69, 9.17) is 20.7 Å². The lowest BCUT2D eigenvalue weighted by Gasteiger charge is -2.35. The third-order valence-electron chi connectivity index (χ3n) is 9.30. The predicted molar refractivity (Wildman–Crippen MR) is 174 cm³/mol. The highest BCUT2D eigenvalue weighted by atomic mass is 35.5. The van der Waals surface area contributed by atoms with Gasteiger partial charge in [0.2, 0.25) is 11.9 Å². The van der Waals surface area contributed by atoms with Crippen LogP contribution in [0.3, 0.4) is 0 Å². The van der Waals surface area contributed by atoms with E-state index < -0.39 is 0 Å². The maximum Gasteiger partial charge on any atom is 0.230 e. The van der Waals surface area contributed by atoms with Gasteiger partial charge < -0.3 is 25.8 Å². The number of piperidine rings is 1. The third kappa shape index (κ3) is 7.12. The molecule has 9 nitrogen and oxygen atoms in total. The molecule has 0 radical (unpaired) electrons. The van der Waals surface area contributed by atoms with Crippen LogP contribution in [-0.2, 0) is 4.79 Å². The van der Waals surface area contributed by atoms with Crippen molar-refractivity contribution in [1.29, 1.82) is 0 Å². The second-order valence-corrected chi connectivity index (χ2v) is 12.0. The zero-order chi connectivity index (χ0) is 27.5. The summed E-state index contributed by atoms with van der Waals surface area (Å²) in [5, 5.41) is 7.35. The van der Waals surface area contributed by atoms with Crippen molar-refractivity contribution in [2.75, 3.05) is 23.7 Å². The van der Waals surface area contributed by atoms with Crippen LogP contribution in [0, 0.1) is 0 Å². The van der Waals surface area contributed by atoms with Crippen LogP contribution in [0.5, 0.6) is 0 Å². The molecule has 230 valence electrons. The zero-order valence-electron chi connectivity index (χ0n) is 24.6. The Labute approximate surface area is 261 Å². The number of benzene rings is 1. The number of likely N-dealkylation sites (tertiary alicyclic amines) is 1. The summed E-state index contributed by atoms with van der Waals surface area (Å²) >= 11 is 0. The number of rotatable bonds is 8. The molecule has 42 heavy (non-hydrogen) atoms. The van der Waals surface area contributed by atoms with E-state index in [2.05, 4.69) is 34.3 Å². The minimum absolute atomic E-state index is 0. The number of fused-ring (bicyclic) bond motifs is 1. The molecule has 0 spiro atoms. The van der Waals surface area contributed by atoms with Gasteiger partial charge in [0.1, 0.15) is 0 Å². The molecule has 4 N–H and O–H groups in total. The minimum Gasteiger partial charge on any atom is -0.365 e. The molecule has 3 aliphatic rings. The maximum absolute atomic E-state index is 13.4. The lowest BCUT2D eigenvalue weighted by molar-refractivity contribution is -0.133. The van der Waals surface area contributed by atoms with Gasteiger partial charge in [-0.05, 0) is 63.4 Å². The van der Waals surface area contributed by atoms with E-state index in [0.29, 0.717) is 24.1 Å². The smallest absolute Gasteiger partial charge is 0.230 e. The molecule has 1 unspecified atom stereocenters. The molecule has 2 aromatic heterocycles. The average molecular weight is 618 g/mol. The van der Waals surface area contributed by atoms with Crippen LogP contribution in [0.15, 0.2) is 36.7 Å². The number of hydrogen-bond acceptors (Lipinski definition) is 7. The van der Waals surface area contributed by atoms with Gasteiger partial charge in [-0.3, -0.25) is 4.79 Å². The first-order chi connectivity index (χ1) is 19.6. The first kappa shape index (κ1) is 32.3. The lowest BCUT2D eigenvalue weighted by atomic mass is 9.92. The summed E-state index contributed by atoms with van der Waals surface area (Å²) in [6.07, 6.45) is 13.6. The Morgan fingerprint density at radius 1 is 0.929 bits per heavy atom. The van der Waals surface area contributed by atoms with E-state index in [9.17, 15) is 4.79 Å². The second kappa shape index (κ2) is 14.7. The van der Waals surface area contributed by atoms with E-state index in [-0.39, 0.29) is 42.7 Å². The molecule has 2 aliphatic carbocycles. The van der Waals surface area contributed by atoms with Crippen LogP contribution in [0.1, 0.15) is 95.1 Å². The highest BCUT2D eigenvalue weighted by Gasteiger charge is 2.30. The second-order valence-electron chi connectivity index (χ2n) is 12.0. The van der Waals surface area contributed by atoms with Gasteiger partial charge in [0.05, 0.1) is 12.2 Å². The number of nitrogens with zero attached hydrogens (tertiary/aromatic N) is 5. The molecule has 11 heteroatoms. The molecule has 1 atom stereocenters. The van der Waals surface area contributed by atoms with Crippen LogP contribution < -0.4 is 16.4 Å². The third-order valence-corrected chi connectivity index (χ3v) is 9.30. The lowest BCUT2D eigenvalue weighted by Crippen LogP contribution is -2.44. The molecular formula is C31H46Cl2N8O. The minimum atomic E-state index is -0.0743. The van der Waals surface area contributed by atoms with Gasteiger partial charge >= 0.3 is 0 Å². The fourth-order valence-corrected chi connectivity index (χ4v) is 6.87. The van der Waals surface area contributed by atoms with Gasteiger partial charge in [-0.2, -0.15) is 9.97 Å². The van der Waals surface area contributed by atoms with Crippen molar-refractivity contribution < 1.29 is 4.79 Å². The zero-order valence-corrected chi connectivity index (χ0v) is 26.2. The van der Waals surface area contributed by atoms with Crippen LogP contribution in [0.2, 0.25) is 0 Å². The molecular weight excluding hydrogens is 571 g/mol. The van der Waals surface area contributed by atoms with Gasteiger partial charge in [0, 0.05) is 37.3 Å². The number of imidazole rings is 1. The first-order valence-electron chi connectivity index (χ1n) is 15.5. The summed E-state index contributed by atoms with van der Waals surface area (Å²) in [6.45, 7) is 3.60. The Morgan fingerprint density at radius 3 is 2.26 bits per heavy atom. The Hall–Kier alpha value is -2.62. The summed E-state index contributed by atoms with van der Waals surface area (Å²) in [5.74, 6) is 1.65. The van der Waals surface area contributed by atoms with Gasteiger partial charge in [0.15, 0.2) is 17.0 Å². The van der Waals surface area contributed by atoms with Crippen molar-refractivity contribution >= 4 is 53.7 Å². The first-order valence-corrected chi connectivity index (χ1v) is 15.5. The number of hydrogen-bond donors (Lipinski definition) is 3. The monoisotopic (exact) mass is 616 g/mol. The maximum atomic E-state index is 13.4. The average Bonchev–Trinajstić information content (AvgIpc) is 3.66. The summed E-state index contributed by atoms with van der Waals surface area (Å²) in [5.41, 5.74) is 9.02. The van der Waals surface area contributed by atoms with E-state index in [1.807, 2.05) is 29.4 Å². The molecule has 1 saturated heterocycles. The standard InChI is InChI=1S/C31H44N8O.2ClH/c1-2-26(21-8-4-3-5-9-21)30(40)38-18-16-24(17-19-38)34-28-27-29(39(20-33-27)25-10-6-7-11-25)37-31(36-28)35-23-14-12-22(32)13-15-23;;/h3-5,8-9,20,22-26H,2,6-7,10-19,32H2,1H3,(H2,34,35,36,37);2*1H. The molecule has 0 bridgehead atoms. The number of carbonyl (C=O) groups excluding carboxylic acids is 1. The van der Waals surface area contributed by atoms with E-state index in [0.717, 1.165) is 80.6 Å². The Kier molecular flexibility index (Phi) is 11.3. The molecule has 1 aromatic carbocycles. The van der Waals surface area contributed by atoms with Crippen molar-refractivity contribution in [2.24, 2.45) is 5.73 Å².